The van der Waals surface area contributed by atoms with Crippen molar-refractivity contribution in [1.82, 2.24) is 4.90 Å². The molecular weight excluding hydrogens is 322 g/mol. The molecule has 0 unspecified atom stereocenters. The number of hydrogen-bond donors (Lipinski definition) is 0. The lowest BCUT2D eigenvalue weighted by Gasteiger charge is -2.56. The van der Waals surface area contributed by atoms with Gasteiger partial charge in [-0.15, -0.1) is 0 Å². The summed E-state index contributed by atoms with van der Waals surface area (Å²) < 4.78 is 0. The SMILES string of the molecule is CC(=O)N(C(C)=O)C1=CC[C@H]2[C@@H]3CC=C4CCC=C[C@]4(C)[C@H]3CC[C@]12C. The van der Waals surface area contributed by atoms with Gasteiger partial charge in [0.05, 0.1) is 0 Å². The fraction of sp³-hybridized carbons (Fsp3) is 0.652. The van der Waals surface area contributed by atoms with E-state index < -0.39 is 0 Å². The van der Waals surface area contributed by atoms with Crippen molar-refractivity contribution >= 4 is 11.8 Å². The maximum absolute atomic E-state index is 12.2. The summed E-state index contributed by atoms with van der Waals surface area (Å²) >= 11 is 0. The zero-order chi connectivity index (χ0) is 18.7. The molecule has 0 N–H and O–H groups in total. The van der Waals surface area contributed by atoms with E-state index in [4.69, 9.17) is 0 Å². The molecule has 4 rings (SSSR count). The second-order valence-corrected chi connectivity index (χ2v) is 9.22. The van der Waals surface area contributed by atoms with Gasteiger partial charge in [0.1, 0.15) is 0 Å². The summed E-state index contributed by atoms with van der Waals surface area (Å²) in [5, 5.41) is 0. The van der Waals surface area contributed by atoms with Gasteiger partial charge in [0.25, 0.3) is 0 Å². The number of fused-ring (bicyclic) bond motifs is 5. The topological polar surface area (TPSA) is 37.4 Å². The lowest BCUT2D eigenvalue weighted by molar-refractivity contribution is -0.141. The Labute approximate surface area is 157 Å². The van der Waals surface area contributed by atoms with Crippen molar-refractivity contribution < 1.29 is 9.59 Å². The summed E-state index contributed by atoms with van der Waals surface area (Å²) in [6.45, 7) is 7.75. The molecule has 3 heteroatoms. The van der Waals surface area contributed by atoms with Crippen LogP contribution < -0.4 is 0 Å². The molecule has 0 spiro atoms. The molecule has 26 heavy (non-hydrogen) atoms. The molecule has 0 radical (unpaired) electrons. The lowest BCUT2D eigenvalue weighted by Crippen LogP contribution is -2.50. The molecule has 140 valence electrons. The molecule has 4 aliphatic carbocycles. The van der Waals surface area contributed by atoms with Crippen LogP contribution in [-0.4, -0.2) is 16.7 Å². The van der Waals surface area contributed by atoms with E-state index in [2.05, 4.69) is 38.2 Å². The maximum Gasteiger partial charge on any atom is 0.230 e. The Balaban J connectivity index is 1.68. The first-order valence-corrected chi connectivity index (χ1v) is 10.2. The molecule has 0 aromatic rings. The fourth-order valence-corrected chi connectivity index (χ4v) is 6.72. The van der Waals surface area contributed by atoms with Crippen molar-refractivity contribution in [3.8, 4) is 0 Å². The minimum Gasteiger partial charge on any atom is -0.274 e. The van der Waals surface area contributed by atoms with Gasteiger partial charge < -0.3 is 0 Å². The van der Waals surface area contributed by atoms with Crippen LogP contribution in [0.4, 0.5) is 0 Å². The highest BCUT2D eigenvalue weighted by molar-refractivity contribution is 5.95. The Hall–Kier alpha value is -1.64. The fourth-order valence-electron chi connectivity index (χ4n) is 6.72. The minimum absolute atomic E-state index is 0.0570. The van der Waals surface area contributed by atoms with Crippen molar-refractivity contribution in [2.75, 3.05) is 0 Å². The second-order valence-electron chi connectivity index (χ2n) is 9.22. The van der Waals surface area contributed by atoms with Gasteiger partial charge in [-0.1, -0.05) is 43.7 Å². The summed E-state index contributed by atoms with van der Waals surface area (Å²) in [7, 11) is 0. The molecule has 0 heterocycles. The number of amides is 2. The summed E-state index contributed by atoms with van der Waals surface area (Å²) in [6.07, 6.45) is 16.3. The van der Waals surface area contributed by atoms with Gasteiger partial charge in [-0.2, -0.15) is 0 Å². The van der Waals surface area contributed by atoms with E-state index in [1.54, 1.807) is 5.57 Å². The van der Waals surface area contributed by atoms with Crippen LogP contribution in [0.25, 0.3) is 0 Å². The third-order valence-electron chi connectivity index (χ3n) is 7.99. The first-order valence-electron chi connectivity index (χ1n) is 10.2. The molecular formula is C23H31NO2. The van der Waals surface area contributed by atoms with Gasteiger partial charge in [-0.3, -0.25) is 14.5 Å². The van der Waals surface area contributed by atoms with Crippen LogP contribution in [0, 0.1) is 28.6 Å². The van der Waals surface area contributed by atoms with E-state index in [1.165, 1.54) is 38.0 Å². The predicted octanol–water partition coefficient (Wildman–Crippen LogP) is 5.00. The normalized spacial score (nSPS) is 40.7. The Kier molecular flexibility index (Phi) is 4.05. The van der Waals surface area contributed by atoms with E-state index in [-0.39, 0.29) is 22.6 Å². The standard InChI is InChI=1S/C23H31NO2/c1-15(25)24(16(2)26)21-11-10-19-18-9-8-17-7-5-6-13-22(17,3)20(18)12-14-23(19,21)4/h6,8,11,13,18-20H,5,7,9-10,12,14H2,1-4H3/t18-,19-,20-,22-,23-/m0/s1. The second kappa shape index (κ2) is 5.94. The summed E-state index contributed by atoms with van der Waals surface area (Å²) in [5.74, 6) is 1.55. The third kappa shape index (κ3) is 2.32. The van der Waals surface area contributed by atoms with Crippen LogP contribution >= 0.6 is 0 Å². The molecule has 0 saturated heterocycles. The number of carbonyl (C=O) groups is 2. The van der Waals surface area contributed by atoms with E-state index >= 15 is 0 Å². The summed E-state index contributed by atoms with van der Waals surface area (Å²) in [6, 6.07) is 0. The number of nitrogens with zero attached hydrogens (tertiary/aromatic N) is 1. The van der Waals surface area contributed by atoms with Crippen molar-refractivity contribution in [3.63, 3.8) is 0 Å². The largest absolute Gasteiger partial charge is 0.274 e. The highest BCUT2D eigenvalue weighted by atomic mass is 16.2. The monoisotopic (exact) mass is 353 g/mol. The highest BCUT2D eigenvalue weighted by Crippen LogP contribution is 2.64. The van der Waals surface area contributed by atoms with E-state index in [1.807, 2.05) is 0 Å². The van der Waals surface area contributed by atoms with E-state index in [9.17, 15) is 9.59 Å². The van der Waals surface area contributed by atoms with E-state index in [0.29, 0.717) is 17.8 Å². The summed E-state index contributed by atoms with van der Waals surface area (Å²) in [4.78, 5) is 25.7. The van der Waals surface area contributed by atoms with Crippen LogP contribution in [0.3, 0.4) is 0 Å². The highest BCUT2D eigenvalue weighted by Gasteiger charge is 2.57. The van der Waals surface area contributed by atoms with Crippen LogP contribution in [0.2, 0.25) is 0 Å². The molecule has 0 bridgehead atoms. The average Bonchev–Trinajstić information content (AvgIpc) is 2.91. The van der Waals surface area contributed by atoms with Gasteiger partial charge in [0.15, 0.2) is 0 Å². The number of hydrogen-bond acceptors (Lipinski definition) is 2. The average molecular weight is 354 g/mol. The van der Waals surface area contributed by atoms with Crippen molar-refractivity contribution in [1.29, 1.82) is 0 Å². The van der Waals surface area contributed by atoms with E-state index in [0.717, 1.165) is 25.0 Å². The number of rotatable bonds is 1. The van der Waals surface area contributed by atoms with Crippen molar-refractivity contribution in [2.24, 2.45) is 28.6 Å². The quantitative estimate of drug-likeness (QED) is 0.622. The zero-order valence-corrected chi connectivity index (χ0v) is 16.5. The van der Waals surface area contributed by atoms with Gasteiger partial charge in [-0.25, -0.2) is 0 Å². The zero-order valence-electron chi connectivity index (χ0n) is 16.5. The first kappa shape index (κ1) is 17.8. The molecule has 2 amide bonds. The minimum atomic E-state index is -0.152. The van der Waals surface area contributed by atoms with Crippen LogP contribution in [-0.2, 0) is 9.59 Å². The molecule has 5 atom stereocenters. The molecule has 4 aliphatic rings. The third-order valence-corrected chi connectivity index (χ3v) is 7.99. The Morgan fingerprint density at radius 1 is 1.08 bits per heavy atom. The maximum atomic E-state index is 12.2. The first-order chi connectivity index (χ1) is 12.3. The molecule has 0 aromatic carbocycles. The number of allylic oxidation sites excluding steroid dienone is 6. The number of imide groups is 1. The number of carbonyl (C=O) groups excluding carboxylic acids is 2. The molecule has 3 nitrogen and oxygen atoms in total. The van der Waals surface area contributed by atoms with Crippen molar-refractivity contribution in [2.45, 2.75) is 66.2 Å². The summed E-state index contributed by atoms with van der Waals surface area (Å²) in [5.41, 5.74) is 2.77. The molecule has 1 saturated carbocycles. The van der Waals surface area contributed by atoms with Gasteiger partial charge in [0, 0.05) is 30.4 Å². The lowest BCUT2D eigenvalue weighted by atomic mass is 9.49. The van der Waals surface area contributed by atoms with Crippen LogP contribution in [0.15, 0.2) is 35.6 Å². The van der Waals surface area contributed by atoms with Crippen LogP contribution in [0.1, 0.15) is 66.2 Å². The molecule has 1 fully saturated rings. The smallest absolute Gasteiger partial charge is 0.230 e. The Bertz CT molecular complexity index is 731. The predicted molar refractivity (Wildman–Crippen MR) is 103 cm³/mol. The Morgan fingerprint density at radius 3 is 2.50 bits per heavy atom. The van der Waals surface area contributed by atoms with Crippen LogP contribution in [0.5, 0.6) is 0 Å². The van der Waals surface area contributed by atoms with Gasteiger partial charge in [0.2, 0.25) is 11.8 Å². The Morgan fingerprint density at radius 2 is 1.81 bits per heavy atom. The molecule has 0 aromatic heterocycles. The van der Waals surface area contributed by atoms with Crippen molar-refractivity contribution in [3.05, 3.63) is 35.6 Å². The molecule has 0 aliphatic heterocycles. The van der Waals surface area contributed by atoms with Gasteiger partial charge >= 0.3 is 0 Å². The van der Waals surface area contributed by atoms with Gasteiger partial charge in [-0.05, 0) is 56.3 Å².